The van der Waals surface area contributed by atoms with Crippen LogP contribution in [0.25, 0.3) is 0 Å². The zero-order valence-corrected chi connectivity index (χ0v) is 12.8. The Bertz CT molecular complexity index is 592. The predicted octanol–water partition coefficient (Wildman–Crippen LogP) is 4.11. The lowest BCUT2D eigenvalue weighted by Crippen LogP contribution is -2.13. The van der Waals surface area contributed by atoms with Gasteiger partial charge in [0, 0.05) is 0 Å². The van der Waals surface area contributed by atoms with Crippen LogP contribution >= 0.6 is 0 Å². The van der Waals surface area contributed by atoms with Crippen LogP contribution in [0.1, 0.15) is 36.0 Å². The normalized spacial score (nSPS) is 10.9. The number of ether oxygens (including phenoxy) is 1. The van der Waals surface area contributed by atoms with Crippen LogP contribution in [0.3, 0.4) is 0 Å². The Kier molecular flexibility index (Phi) is 5.39. The van der Waals surface area contributed by atoms with Gasteiger partial charge in [-0.1, -0.05) is 6.92 Å². The van der Waals surface area contributed by atoms with Crippen LogP contribution in [0.2, 0.25) is 0 Å². The van der Waals surface area contributed by atoms with Crippen molar-refractivity contribution in [3.63, 3.8) is 0 Å². The van der Waals surface area contributed by atoms with Crippen LogP contribution < -0.4 is 10.1 Å². The van der Waals surface area contributed by atoms with Gasteiger partial charge in [-0.2, -0.15) is 0 Å². The number of hydrogen-bond donors (Lipinski definition) is 1. The van der Waals surface area contributed by atoms with Crippen molar-refractivity contribution < 1.29 is 13.5 Å². The number of rotatable bonds is 7. The molecule has 114 valence electrons. The van der Waals surface area contributed by atoms with E-state index < -0.39 is 0 Å². The van der Waals surface area contributed by atoms with Crippen molar-refractivity contribution in [2.75, 3.05) is 6.54 Å². The van der Waals surface area contributed by atoms with E-state index in [9.17, 15) is 4.39 Å². The largest absolute Gasteiger partial charge is 0.486 e. The van der Waals surface area contributed by atoms with Gasteiger partial charge in [0.25, 0.3) is 0 Å². The summed E-state index contributed by atoms with van der Waals surface area (Å²) in [5.74, 6) is 2.15. The van der Waals surface area contributed by atoms with E-state index in [2.05, 4.69) is 12.2 Å². The standard InChI is InChI=1S/C17H22FNO2/c1-4-7-19-10-17-13(3)9-15(21-17)11-20-14-5-6-16(18)12(2)8-14/h5-6,8-9,19H,4,7,10-11H2,1-3H3. The number of furan rings is 1. The Labute approximate surface area is 125 Å². The lowest BCUT2D eigenvalue weighted by Gasteiger charge is -2.05. The van der Waals surface area contributed by atoms with Gasteiger partial charge in [-0.05, 0) is 62.2 Å². The first-order valence-corrected chi connectivity index (χ1v) is 7.28. The van der Waals surface area contributed by atoms with Crippen molar-refractivity contribution in [1.82, 2.24) is 5.32 Å². The summed E-state index contributed by atoms with van der Waals surface area (Å²) >= 11 is 0. The maximum Gasteiger partial charge on any atom is 0.146 e. The summed E-state index contributed by atoms with van der Waals surface area (Å²) in [6.07, 6.45) is 1.10. The van der Waals surface area contributed by atoms with Crippen LogP contribution in [0.15, 0.2) is 28.7 Å². The van der Waals surface area contributed by atoms with Crippen LogP contribution in [-0.2, 0) is 13.2 Å². The van der Waals surface area contributed by atoms with Crippen molar-refractivity contribution in [2.24, 2.45) is 0 Å². The highest BCUT2D eigenvalue weighted by Crippen LogP contribution is 2.19. The molecule has 2 aromatic rings. The molecule has 3 nitrogen and oxygen atoms in total. The van der Waals surface area contributed by atoms with Crippen molar-refractivity contribution in [1.29, 1.82) is 0 Å². The van der Waals surface area contributed by atoms with Crippen LogP contribution in [-0.4, -0.2) is 6.54 Å². The lowest BCUT2D eigenvalue weighted by molar-refractivity contribution is 0.264. The fourth-order valence-corrected chi connectivity index (χ4v) is 2.08. The minimum atomic E-state index is -0.222. The van der Waals surface area contributed by atoms with E-state index >= 15 is 0 Å². The quantitative estimate of drug-likeness (QED) is 0.779. The second kappa shape index (κ2) is 7.27. The van der Waals surface area contributed by atoms with Gasteiger partial charge in [0.1, 0.15) is 29.7 Å². The Balaban J connectivity index is 1.93. The lowest BCUT2D eigenvalue weighted by atomic mass is 10.2. The molecule has 0 radical (unpaired) electrons. The maximum absolute atomic E-state index is 13.2. The minimum Gasteiger partial charge on any atom is -0.486 e. The molecule has 0 aliphatic rings. The Hall–Kier alpha value is -1.81. The van der Waals surface area contributed by atoms with E-state index in [1.165, 1.54) is 6.07 Å². The highest BCUT2D eigenvalue weighted by molar-refractivity contribution is 5.29. The molecule has 0 bridgehead atoms. The van der Waals surface area contributed by atoms with Gasteiger partial charge in [-0.15, -0.1) is 0 Å². The van der Waals surface area contributed by atoms with Crippen LogP contribution in [0.4, 0.5) is 4.39 Å². The predicted molar refractivity (Wildman–Crippen MR) is 80.9 cm³/mol. The van der Waals surface area contributed by atoms with E-state index in [0.29, 0.717) is 17.9 Å². The zero-order valence-electron chi connectivity index (χ0n) is 12.8. The highest BCUT2D eigenvalue weighted by Gasteiger charge is 2.08. The molecule has 0 saturated carbocycles. The second-order valence-electron chi connectivity index (χ2n) is 5.20. The number of halogens is 1. The fourth-order valence-electron chi connectivity index (χ4n) is 2.08. The topological polar surface area (TPSA) is 34.4 Å². The van der Waals surface area contributed by atoms with Crippen LogP contribution in [0, 0.1) is 19.7 Å². The monoisotopic (exact) mass is 291 g/mol. The molecule has 0 aliphatic heterocycles. The average molecular weight is 291 g/mol. The number of nitrogens with one attached hydrogen (secondary N) is 1. The molecule has 0 saturated heterocycles. The summed E-state index contributed by atoms with van der Waals surface area (Å²) in [6.45, 7) is 7.93. The van der Waals surface area contributed by atoms with E-state index in [1.807, 2.05) is 13.0 Å². The Morgan fingerprint density at radius 2 is 2.00 bits per heavy atom. The number of hydrogen-bond acceptors (Lipinski definition) is 3. The average Bonchev–Trinajstić information content (AvgIpc) is 2.81. The smallest absolute Gasteiger partial charge is 0.146 e. The summed E-state index contributed by atoms with van der Waals surface area (Å²) in [4.78, 5) is 0. The number of aryl methyl sites for hydroxylation is 2. The van der Waals surface area contributed by atoms with E-state index in [-0.39, 0.29) is 5.82 Å². The Morgan fingerprint density at radius 3 is 2.71 bits per heavy atom. The molecule has 0 amide bonds. The van der Waals surface area contributed by atoms with Crippen molar-refractivity contribution in [3.05, 3.63) is 52.7 Å². The molecule has 1 heterocycles. The van der Waals surface area contributed by atoms with Crippen LogP contribution in [0.5, 0.6) is 5.75 Å². The first kappa shape index (κ1) is 15.6. The SMILES string of the molecule is CCCNCc1oc(COc2ccc(F)c(C)c2)cc1C. The van der Waals surface area contributed by atoms with Crippen molar-refractivity contribution >= 4 is 0 Å². The van der Waals surface area contributed by atoms with Gasteiger partial charge < -0.3 is 14.5 Å². The van der Waals surface area contributed by atoms with E-state index in [0.717, 1.165) is 36.6 Å². The first-order chi connectivity index (χ1) is 10.1. The summed E-state index contributed by atoms with van der Waals surface area (Å²) in [5, 5.41) is 3.32. The van der Waals surface area contributed by atoms with Crippen molar-refractivity contribution in [2.45, 2.75) is 40.3 Å². The van der Waals surface area contributed by atoms with Gasteiger partial charge in [-0.3, -0.25) is 0 Å². The minimum absolute atomic E-state index is 0.222. The molecule has 1 aromatic carbocycles. The van der Waals surface area contributed by atoms with Gasteiger partial charge in [-0.25, -0.2) is 4.39 Å². The summed E-state index contributed by atoms with van der Waals surface area (Å²) in [6, 6.07) is 6.72. The van der Waals surface area contributed by atoms with E-state index in [1.54, 1.807) is 19.1 Å². The third-order valence-electron chi connectivity index (χ3n) is 3.29. The highest BCUT2D eigenvalue weighted by atomic mass is 19.1. The van der Waals surface area contributed by atoms with Gasteiger partial charge in [0.15, 0.2) is 0 Å². The molecular formula is C17H22FNO2. The number of benzene rings is 1. The molecule has 1 N–H and O–H groups in total. The molecule has 0 spiro atoms. The molecule has 1 aromatic heterocycles. The molecule has 4 heteroatoms. The molecular weight excluding hydrogens is 269 g/mol. The van der Waals surface area contributed by atoms with Crippen molar-refractivity contribution in [3.8, 4) is 5.75 Å². The summed E-state index contributed by atoms with van der Waals surface area (Å²) in [7, 11) is 0. The maximum atomic E-state index is 13.2. The first-order valence-electron chi connectivity index (χ1n) is 7.28. The third-order valence-corrected chi connectivity index (χ3v) is 3.29. The second-order valence-corrected chi connectivity index (χ2v) is 5.20. The molecule has 21 heavy (non-hydrogen) atoms. The fraction of sp³-hybridized carbons (Fsp3) is 0.412. The zero-order chi connectivity index (χ0) is 15.2. The molecule has 0 fully saturated rings. The molecule has 2 rings (SSSR count). The van der Waals surface area contributed by atoms with E-state index in [4.69, 9.17) is 9.15 Å². The molecule has 0 unspecified atom stereocenters. The molecule has 0 atom stereocenters. The van der Waals surface area contributed by atoms with Gasteiger partial charge in [0.05, 0.1) is 6.54 Å². The third kappa shape index (κ3) is 4.33. The van der Waals surface area contributed by atoms with Gasteiger partial charge >= 0.3 is 0 Å². The Morgan fingerprint density at radius 1 is 1.19 bits per heavy atom. The summed E-state index contributed by atoms with van der Waals surface area (Å²) < 4.78 is 24.6. The summed E-state index contributed by atoms with van der Waals surface area (Å²) in [5.41, 5.74) is 1.69. The molecule has 0 aliphatic carbocycles. The van der Waals surface area contributed by atoms with Gasteiger partial charge in [0.2, 0.25) is 0 Å².